The molecule has 1 aliphatic rings. The van der Waals surface area contributed by atoms with Gasteiger partial charge in [-0.25, -0.2) is 8.42 Å². The maximum Gasteiger partial charge on any atom is 0.247 e. The summed E-state index contributed by atoms with van der Waals surface area (Å²) >= 11 is 5.96. The van der Waals surface area contributed by atoms with Crippen LogP contribution in [0.5, 0.6) is 5.75 Å². The molecule has 0 aromatic heterocycles. The summed E-state index contributed by atoms with van der Waals surface area (Å²) in [5.74, 6) is 0.276. The number of hydrogen-bond acceptors (Lipinski definition) is 5. The van der Waals surface area contributed by atoms with Crippen LogP contribution < -0.4 is 10.5 Å². The summed E-state index contributed by atoms with van der Waals surface area (Å²) in [5.41, 5.74) is 5.62. The van der Waals surface area contributed by atoms with Crippen molar-refractivity contribution >= 4 is 34.0 Å². The third-order valence-electron chi connectivity index (χ3n) is 3.66. The number of hydrogen-bond donors (Lipinski definition) is 1. The summed E-state index contributed by atoms with van der Waals surface area (Å²) in [6, 6.07) is 4.45. The Morgan fingerprint density at radius 1 is 1.39 bits per heavy atom. The largest absolute Gasteiger partial charge is 0.495 e. The van der Waals surface area contributed by atoms with E-state index in [2.05, 4.69) is 0 Å². The molecule has 1 aliphatic heterocycles. The molecule has 0 bridgehead atoms. The van der Waals surface area contributed by atoms with E-state index in [4.69, 9.17) is 26.8 Å². The Morgan fingerprint density at radius 2 is 2.04 bits per heavy atom. The number of rotatable bonds is 6. The first-order valence-corrected chi connectivity index (χ1v) is 8.95. The Kier molecular flexibility index (Phi) is 8.06. The van der Waals surface area contributed by atoms with Crippen molar-refractivity contribution in [2.75, 3.05) is 33.4 Å². The van der Waals surface area contributed by atoms with E-state index in [9.17, 15) is 8.42 Å². The minimum absolute atomic E-state index is 0. The van der Waals surface area contributed by atoms with Crippen LogP contribution in [0.3, 0.4) is 0 Å². The summed E-state index contributed by atoms with van der Waals surface area (Å²) < 4.78 is 38.0. The zero-order chi connectivity index (χ0) is 16.2. The molecule has 0 radical (unpaired) electrons. The Labute approximate surface area is 148 Å². The first-order valence-electron chi connectivity index (χ1n) is 7.14. The molecule has 9 heteroatoms. The second kappa shape index (κ2) is 9.05. The van der Waals surface area contributed by atoms with Crippen molar-refractivity contribution in [3.05, 3.63) is 23.2 Å². The quantitative estimate of drug-likeness (QED) is 0.809. The molecular weight excluding hydrogens is 363 g/mol. The van der Waals surface area contributed by atoms with Gasteiger partial charge in [-0.15, -0.1) is 12.4 Å². The maximum absolute atomic E-state index is 13.0. The first-order chi connectivity index (χ1) is 10.5. The third-order valence-corrected chi connectivity index (χ3v) is 5.87. The van der Waals surface area contributed by atoms with E-state index in [1.807, 2.05) is 0 Å². The first kappa shape index (κ1) is 20.5. The monoisotopic (exact) mass is 384 g/mol. The Hall–Kier alpha value is -0.570. The van der Waals surface area contributed by atoms with E-state index in [0.717, 1.165) is 0 Å². The van der Waals surface area contributed by atoms with E-state index < -0.39 is 10.0 Å². The maximum atomic E-state index is 13.0. The lowest BCUT2D eigenvalue weighted by atomic mass is 10.1. The second-order valence-corrected chi connectivity index (χ2v) is 7.34. The van der Waals surface area contributed by atoms with Gasteiger partial charge in [0, 0.05) is 37.4 Å². The van der Waals surface area contributed by atoms with Crippen molar-refractivity contribution in [1.82, 2.24) is 4.31 Å². The van der Waals surface area contributed by atoms with Gasteiger partial charge >= 0.3 is 0 Å². The molecule has 0 saturated carbocycles. The Morgan fingerprint density at radius 3 is 2.61 bits per heavy atom. The zero-order valence-corrected chi connectivity index (χ0v) is 15.3. The van der Waals surface area contributed by atoms with Crippen LogP contribution in [0.15, 0.2) is 23.1 Å². The molecule has 23 heavy (non-hydrogen) atoms. The molecule has 0 amide bonds. The van der Waals surface area contributed by atoms with Crippen LogP contribution in [0.4, 0.5) is 0 Å². The highest BCUT2D eigenvalue weighted by Gasteiger charge is 2.34. The van der Waals surface area contributed by atoms with Crippen molar-refractivity contribution in [2.24, 2.45) is 5.73 Å². The molecular formula is C14H22Cl2N2O4S. The molecule has 0 unspecified atom stereocenters. The fourth-order valence-electron chi connectivity index (χ4n) is 2.58. The molecule has 1 heterocycles. The van der Waals surface area contributed by atoms with Crippen LogP contribution in [-0.4, -0.2) is 52.2 Å². The number of sulfonamides is 1. The van der Waals surface area contributed by atoms with Crippen molar-refractivity contribution in [3.63, 3.8) is 0 Å². The van der Waals surface area contributed by atoms with E-state index in [0.29, 0.717) is 31.1 Å². The summed E-state index contributed by atoms with van der Waals surface area (Å²) in [6.07, 6.45) is 1.31. The highest BCUT2D eigenvalue weighted by Crippen LogP contribution is 2.31. The van der Waals surface area contributed by atoms with Gasteiger partial charge in [0.05, 0.1) is 7.11 Å². The van der Waals surface area contributed by atoms with Gasteiger partial charge in [-0.2, -0.15) is 4.31 Å². The lowest BCUT2D eigenvalue weighted by Gasteiger charge is -2.33. The standard InChI is InChI=1S/C14H21ClN2O4S.ClH/c1-20-13-3-2-11(15)10-14(13)22(18,19)17(7-6-16)12-4-8-21-9-5-12;/h2-3,10,12H,4-9,16H2,1H3;1H. The SMILES string of the molecule is COc1ccc(Cl)cc1S(=O)(=O)N(CCN)C1CCOCC1.Cl. The summed E-state index contributed by atoms with van der Waals surface area (Å²) in [5, 5.41) is 0.346. The van der Waals surface area contributed by atoms with E-state index in [1.54, 1.807) is 12.1 Å². The minimum atomic E-state index is -3.74. The molecule has 1 saturated heterocycles. The van der Waals surface area contributed by atoms with Crippen LogP contribution in [0.2, 0.25) is 5.02 Å². The number of benzene rings is 1. The van der Waals surface area contributed by atoms with Crippen LogP contribution in [0.1, 0.15) is 12.8 Å². The number of nitrogens with two attached hydrogens (primary N) is 1. The molecule has 0 aliphatic carbocycles. The summed E-state index contributed by atoms with van der Waals surface area (Å²) in [4.78, 5) is 0.0717. The summed E-state index contributed by atoms with van der Waals surface area (Å²) in [7, 11) is -2.31. The Bertz CT molecular complexity index is 607. The van der Waals surface area contributed by atoms with E-state index >= 15 is 0 Å². The van der Waals surface area contributed by atoms with Crippen molar-refractivity contribution in [3.8, 4) is 5.75 Å². The van der Waals surface area contributed by atoms with Gasteiger partial charge < -0.3 is 15.2 Å². The highest BCUT2D eigenvalue weighted by atomic mass is 35.5. The number of nitrogens with zero attached hydrogens (tertiary/aromatic N) is 1. The lowest BCUT2D eigenvalue weighted by Crippen LogP contribution is -2.45. The molecule has 1 aromatic rings. The predicted molar refractivity (Wildman–Crippen MR) is 92.0 cm³/mol. The third kappa shape index (κ3) is 4.71. The molecule has 132 valence electrons. The normalized spacial score (nSPS) is 16.2. The van der Waals surface area contributed by atoms with Gasteiger partial charge in [-0.1, -0.05) is 11.6 Å². The van der Waals surface area contributed by atoms with Gasteiger partial charge in [0.2, 0.25) is 10.0 Å². The van der Waals surface area contributed by atoms with Crippen molar-refractivity contribution < 1.29 is 17.9 Å². The molecule has 0 atom stereocenters. The average Bonchev–Trinajstić information content (AvgIpc) is 2.53. The van der Waals surface area contributed by atoms with Crippen molar-refractivity contribution in [2.45, 2.75) is 23.8 Å². The molecule has 1 fully saturated rings. The number of halogens is 2. The van der Waals surface area contributed by atoms with Gasteiger partial charge in [0.25, 0.3) is 0 Å². The van der Waals surface area contributed by atoms with E-state index in [-0.39, 0.29) is 42.2 Å². The summed E-state index contributed by atoms with van der Waals surface area (Å²) in [6.45, 7) is 1.60. The number of methoxy groups -OCH3 is 1. The van der Waals surface area contributed by atoms with Gasteiger partial charge in [-0.3, -0.25) is 0 Å². The molecule has 2 N–H and O–H groups in total. The average molecular weight is 385 g/mol. The highest BCUT2D eigenvalue weighted by molar-refractivity contribution is 7.89. The van der Waals surface area contributed by atoms with Crippen LogP contribution >= 0.6 is 24.0 Å². The van der Waals surface area contributed by atoms with E-state index in [1.165, 1.54) is 17.5 Å². The van der Waals surface area contributed by atoms with Crippen LogP contribution in [-0.2, 0) is 14.8 Å². The Balaban J connectivity index is 0.00000264. The smallest absolute Gasteiger partial charge is 0.247 e. The van der Waals surface area contributed by atoms with Gasteiger partial charge in [-0.05, 0) is 31.0 Å². The zero-order valence-electron chi connectivity index (χ0n) is 12.9. The lowest BCUT2D eigenvalue weighted by molar-refractivity contribution is 0.0590. The second-order valence-electron chi connectivity index (χ2n) is 5.04. The number of ether oxygens (including phenoxy) is 2. The van der Waals surface area contributed by atoms with Crippen molar-refractivity contribution in [1.29, 1.82) is 0 Å². The molecule has 2 rings (SSSR count). The van der Waals surface area contributed by atoms with Gasteiger partial charge in [0.15, 0.2) is 0 Å². The molecule has 0 spiro atoms. The molecule has 6 nitrogen and oxygen atoms in total. The fraction of sp³-hybridized carbons (Fsp3) is 0.571. The van der Waals surface area contributed by atoms with Crippen LogP contribution in [0.25, 0.3) is 0 Å². The fourth-order valence-corrected chi connectivity index (χ4v) is 4.70. The minimum Gasteiger partial charge on any atom is -0.495 e. The van der Waals surface area contributed by atoms with Crippen LogP contribution in [0, 0.1) is 0 Å². The predicted octanol–water partition coefficient (Wildman–Crippen LogP) is 1.90. The molecule has 1 aromatic carbocycles. The topological polar surface area (TPSA) is 81.9 Å². The van der Waals surface area contributed by atoms with Gasteiger partial charge in [0.1, 0.15) is 10.6 Å².